The van der Waals surface area contributed by atoms with Gasteiger partial charge in [0, 0.05) is 6.54 Å². The van der Waals surface area contributed by atoms with Crippen molar-refractivity contribution < 1.29 is 23.8 Å². The van der Waals surface area contributed by atoms with Crippen LogP contribution in [-0.2, 0) is 27.3 Å². The van der Waals surface area contributed by atoms with Gasteiger partial charge in [0.1, 0.15) is 11.5 Å². The number of carbonyl (C=O) groups excluding carboxylic acids is 2. The number of ether oxygens (including phenoxy) is 3. The quantitative estimate of drug-likeness (QED) is 0.743. The van der Waals surface area contributed by atoms with Crippen molar-refractivity contribution in [1.29, 1.82) is 0 Å². The molecule has 0 fully saturated rings. The zero-order valence-corrected chi connectivity index (χ0v) is 14.3. The zero-order chi connectivity index (χ0) is 18.1. The Morgan fingerprint density at radius 2 is 1.36 bits per heavy atom. The molecule has 2 rings (SSSR count). The number of benzene rings is 2. The van der Waals surface area contributed by atoms with E-state index in [-0.39, 0.29) is 18.9 Å². The molecule has 0 atom stereocenters. The van der Waals surface area contributed by atoms with E-state index >= 15 is 0 Å². The fourth-order valence-corrected chi connectivity index (χ4v) is 2.10. The predicted molar refractivity (Wildman–Crippen MR) is 92.5 cm³/mol. The van der Waals surface area contributed by atoms with Crippen LogP contribution in [0.3, 0.4) is 0 Å². The average Bonchev–Trinajstić information content (AvgIpc) is 2.65. The molecule has 0 aliphatic heterocycles. The highest BCUT2D eigenvalue weighted by molar-refractivity contribution is 5.81. The minimum Gasteiger partial charge on any atom is -0.497 e. The van der Waals surface area contributed by atoms with Crippen molar-refractivity contribution in [2.75, 3.05) is 20.8 Å². The molecular weight excluding hydrogens is 322 g/mol. The molecule has 6 heteroatoms. The van der Waals surface area contributed by atoms with Gasteiger partial charge in [0.15, 0.2) is 6.61 Å². The van der Waals surface area contributed by atoms with E-state index < -0.39 is 5.97 Å². The number of methoxy groups -OCH3 is 2. The first-order valence-corrected chi connectivity index (χ1v) is 7.79. The van der Waals surface area contributed by atoms with Crippen LogP contribution >= 0.6 is 0 Å². The van der Waals surface area contributed by atoms with Crippen LogP contribution in [0.15, 0.2) is 48.5 Å². The third-order valence-electron chi connectivity index (χ3n) is 3.52. The first-order valence-electron chi connectivity index (χ1n) is 7.79. The summed E-state index contributed by atoms with van der Waals surface area (Å²) >= 11 is 0. The van der Waals surface area contributed by atoms with E-state index in [1.54, 1.807) is 38.5 Å². The van der Waals surface area contributed by atoms with E-state index in [9.17, 15) is 9.59 Å². The zero-order valence-electron chi connectivity index (χ0n) is 14.3. The van der Waals surface area contributed by atoms with Crippen LogP contribution in [0.2, 0.25) is 0 Å². The Hall–Kier alpha value is -3.02. The lowest BCUT2D eigenvalue weighted by Gasteiger charge is -2.08. The summed E-state index contributed by atoms with van der Waals surface area (Å²) in [5.41, 5.74) is 1.73. The fourth-order valence-electron chi connectivity index (χ4n) is 2.10. The molecule has 0 bridgehead atoms. The second-order valence-electron chi connectivity index (χ2n) is 5.31. The summed E-state index contributed by atoms with van der Waals surface area (Å²) in [6.45, 7) is 0.0595. The first kappa shape index (κ1) is 18.3. The SMILES string of the molecule is COc1ccc(CNC(=O)COC(=O)Cc2ccc(OC)cc2)cc1. The van der Waals surface area contributed by atoms with Crippen LogP contribution in [0.1, 0.15) is 11.1 Å². The minimum atomic E-state index is -0.454. The molecule has 0 unspecified atom stereocenters. The third-order valence-corrected chi connectivity index (χ3v) is 3.52. The molecule has 2 aromatic carbocycles. The average molecular weight is 343 g/mol. The van der Waals surface area contributed by atoms with Crippen molar-refractivity contribution in [3.05, 3.63) is 59.7 Å². The van der Waals surface area contributed by atoms with Crippen LogP contribution in [0, 0.1) is 0 Å². The highest BCUT2D eigenvalue weighted by atomic mass is 16.5. The number of carbonyl (C=O) groups is 2. The number of rotatable bonds is 8. The van der Waals surface area contributed by atoms with Crippen LogP contribution in [0.25, 0.3) is 0 Å². The van der Waals surface area contributed by atoms with Gasteiger partial charge in [-0.2, -0.15) is 0 Å². The number of hydrogen-bond donors (Lipinski definition) is 1. The maximum Gasteiger partial charge on any atom is 0.310 e. The Morgan fingerprint density at radius 3 is 1.88 bits per heavy atom. The van der Waals surface area contributed by atoms with Crippen molar-refractivity contribution in [3.8, 4) is 11.5 Å². The Balaban J connectivity index is 1.70. The van der Waals surface area contributed by atoms with Gasteiger partial charge in [0.05, 0.1) is 20.6 Å². The standard InChI is InChI=1S/C19H21NO5/c1-23-16-7-3-14(4-8-16)11-19(22)25-13-18(21)20-12-15-5-9-17(24-2)10-6-15/h3-10H,11-13H2,1-2H3,(H,20,21). The van der Waals surface area contributed by atoms with Gasteiger partial charge >= 0.3 is 5.97 Å². The highest BCUT2D eigenvalue weighted by Crippen LogP contribution is 2.12. The van der Waals surface area contributed by atoms with Crippen molar-refractivity contribution in [2.45, 2.75) is 13.0 Å². The number of hydrogen-bond acceptors (Lipinski definition) is 5. The Labute approximate surface area is 146 Å². The molecule has 2 aromatic rings. The second kappa shape index (κ2) is 9.32. The second-order valence-corrected chi connectivity index (χ2v) is 5.31. The first-order chi connectivity index (χ1) is 12.1. The van der Waals surface area contributed by atoms with Gasteiger partial charge in [-0.05, 0) is 35.4 Å². The molecule has 0 aromatic heterocycles. The van der Waals surface area contributed by atoms with Crippen molar-refractivity contribution in [3.63, 3.8) is 0 Å². The van der Waals surface area contributed by atoms with Crippen LogP contribution in [-0.4, -0.2) is 32.7 Å². The molecule has 0 aliphatic rings. The van der Waals surface area contributed by atoms with Gasteiger partial charge in [0.2, 0.25) is 0 Å². The molecule has 0 saturated heterocycles. The highest BCUT2D eigenvalue weighted by Gasteiger charge is 2.09. The lowest BCUT2D eigenvalue weighted by Crippen LogP contribution is -2.28. The van der Waals surface area contributed by atoms with Crippen molar-refractivity contribution in [2.24, 2.45) is 0 Å². The van der Waals surface area contributed by atoms with Crippen molar-refractivity contribution >= 4 is 11.9 Å². The molecule has 0 radical (unpaired) electrons. The number of nitrogens with one attached hydrogen (secondary N) is 1. The molecule has 25 heavy (non-hydrogen) atoms. The van der Waals surface area contributed by atoms with Gasteiger partial charge in [0.25, 0.3) is 5.91 Å². The number of amides is 1. The molecule has 132 valence electrons. The molecule has 0 saturated carbocycles. The largest absolute Gasteiger partial charge is 0.497 e. The Bertz CT molecular complexity index is 695. The van der Waals surface area contributed by atoms with Crippen molar-refractivity contribution in [1.82, 2.24) is 5.32 Å². The van der Waals surface area contributed by atoms with E-state index in [2.05, 4.69) is 5.32 Å². The van der Waals surface area contributed by atoms with E-state index in [1.807, 2.05) is 24.3 Å². The smallest absolute Gasteiger partial charge is 0.310 e. The van der Waals surface area contributed by atoms with E-state index in [4.69, 9.17) is 14.2 Å². The predicted octanol–water partition coefficient (Wildman–Crippen LogP) is 2.11. The molecule has 6 nitrogen and oxygen atoms in total. The van der Waals surface area contributed by atoms with Crippen LogP contribution in [0.4, 0.5) is 0 Å². The summed E-state index contributed by atoms with van der Waals surface area (Å²) in [5.74, 6) is 0.668. The van der Waals surface area contributed by atoms with E-state index in [0.29, 0.717) is 6.54 Å². The lowest BCUT2D eigenvalue weighted by molar-refractivity contribution is -0.147. The maximum atomic E-state index is 11.8. The molecule has 1 N–H and O–H groups in total. The van der Waals surface area contributed by atoms with Gasteiger partial charge in [-0.3, -0.25) is 9.59 Å². The van der Waals surface area contributed by atoms with E-state index in [0.717, 1.165) is 22.6 Å². The third kappa shape index (κ3) is 6.18. The summed E-state index contributed by atoms with van der Waals surface area (Å²) in [4.78, 5) is 23.5. The summed E-state index contributed by atoms with van der Waals surface area (Å²) in [6, 6.07) is 14.4. The summed E-state index contributed by atoms with van der Waals surface area (Å²) in [6.07, 6.45) is 0.107. The molecule has 1 amide bonds. The molecule has 0 heterocycles. The minimum absolute atomic E-state index is 0.107. The lowest BCUT2D eigenvalue weighted by atomic mass is 10.1. The fraction of sp³-hybridized carbons (Fsp3) is 0.263. The number of esters is 1. The van der Waals surface area contributed by atoms with Crippen LogP contribution < -0.4 is 14.8 Å². The Morgan fingerprint density at radius 1 is 0.840 bits per heavy atom. The Kier molecular flexibility index (Phi) is 6.83. The normalized spacial score (nSPS) is 10.0. The van der Waals surface area contributed by atoms with Gasteiger partial charge in [-0.1, -0.05) is 24.3 Å². The topological polar surface area (TPSA) is 73.9 Å². The maximum absolute atomic E-state index is 11.8. The molecule has 0 aliphatic carbocycles. The summed E-state index contributed by atoms with van der Waals surface area (Å²) < 4.78 is 15.1. The summed E-state index contributed by atoms with van der Waals surface area (Å²) in [7, 11) is 3.17. The van der Waals surface area contributed by atoms with Gasteiger partial charge in [-0.25, -0.2) is 0 Å². The van der Waals surface area contributed by atoms with Crippen LogP contribution in [0.5, 0.6) is 11.5 Å². The summed E-state index contributed by atoms with van der Waals surface area (Å²) in [5, 5.41) is 2.70. The van der Waals surface area contributed by atoms with Gasteiger partial charge in [-0.15, -0.1) is 0 Å². The van der Waals surface area contributed by atoms with E-state index in [1.165, 1.54) is 0 Å². The monoisotopic (exact) mass is 343 g/mol. The molecular formula is C19H21NO5. The molecule has 0 spiro atoms. The van der Waals surface area contributed by atoms with Gasteiger partial charge < -0.3 is 19.5 Å².